The van der Waals surface area contributed by atoms with Crippen LogP contribution in [-0.2, 0) is 11.0 Å². The fourth-order valence-electron chi connectivity index (χ4n) is 1.78. The first-order valence-corrected chi connectivity index (χ1v) is 6.91. The molecule has 0 atom stereocenters. The Morgan fingerprint density at radius 3 is 2.40 bits per heavy atom. The number of amides is 2. The van der Waals surface area contributed by atoms with Crippen LogP contribution in [0.2, 0.25) is 0 Å². The number of halogens is 4. The molecule has 2 rings (SSSR count). The molecule has 0 bridgehead atoms. The van der Waals surface area contributed by atoms with E-state index >= 15 is 0 Å². The summed E-state index contributed by atoms with van der Waals surface area (Å²) < 4.78 is 56.0. The zero-order valence-electron chi connectivity index (χ0n) is 12.6. The second-order valence-corrected chi connectivity index (χ2v) is 4.80. The summed E-state index contributed by atoms with van der Waals surface area (Å²) in [5.74, 6) is -2.57. The largest absolute Gasteiger partial charge is 0.481 e. The van der Waals surface area contributed by atoms with E-state index in [1.165, 1.54) is 18.2 Å². The first kappa shape index (κ1) is 18.2. The van der Waals surface area contributed by atoms with Crippen molar-refractivity contribution in [1.82, 2.24) is 10.9 Å². The van der Waals surface area contributed by atoms with Crippen molar-refractivity contribution >= 4 is 11.8 Å². The topological polar surface area (TPSA) is 67.4 Å². The van der Waals surface area contributed by atoms with Crippen LogP contribution in [0.1, 0.15) is 15.9 Å². The van der Waals surface area contributed by atoms with Gasteiger partial charge in [-0.2, -0.15) is 13.2 Å². The second kappa shape index (κ2) is 7.65. The first-order valence-electron chi connectivity index (χ1n) is 6.91. The van der Waals surface area contributed by atoms with Crippen LogP contribution in [0.15, 0.2) is 48.5 Å². The third-order valence-electron chi connectivity index (χ3n) is 2.96. The minimum atomic E-state index is -4.59. The van der Waals surface area contributed by atoms with Gasteiger partial charge in [-0.25, -0.2) is 4.39 Å². The maximum absolute atomic E-state index is 13.3. The van der Waals surface area contributed by atoms with Crippen molar-refractivity contribution in [3.8, 4) is 5.75 Å². The summed E-state index contributed by atoms with van der Waals surface area (Å²) in [6, 6.07) is 9.10. The molecule has 5 nitrogen and oxygen atoms in total. The van der Waals surface area contributed by atoms with E-state index in [9.17, 15) is 27.2 Å². The van der Waals surface area contributed by atoms with Crippen molar-refractivity contribution in [2.45, 2.75) is 6.18 Å². The Morgan fingerprint density at radius 2 is 1.72 bits per heavy atom. The third-order valence-corrected chi connectivity index (χ3v) is 2.96. The standard InChI is InChI=1S/C16H12F4N2O3/c17-12-6-1-2-7-13(12)25-9-14(23)21-22-15(24)10-4-3-5-11(8-10)16(18,19)20/h1-8H,9H2,(H,21,23)(H,22,24). The highest BCUT2D eigenvalue weighted by atomic mass is 19.4. The number of para-hydroxylation sites is 1. The number of hydrogen-bond acceptors (Lipinski definition) is 3. The van der Waals surface area contributed by atoms with Crippen molar-refractivity contribution in [1.29, 1.82) is 0 Å². The Kier molecular flexibility index (Phi) is 5.58. The van der Waals surface area contributed by atoms with E-state index in [0.717, 1.165) is 24.3 Å². The average molecular weight is 356 g/mol. The Hall–Kier alpha value is -3.10. The molecule has 132 valence electrons. The minimum absolute atomic E-state index is 0.151. The van der Waals surface area contributed by atoms with Crippen molar-refractivity contribution < 1.29 is 31.9 Å². The molecule has 0 aromatic heterocycles. The maximum atomic E-state index is 13.3. The van der Waals surface area contributed by atoms with E-state index in [4.69, 9.17) is 4.74 Å². The lowest BCUT2D eigenvalue weighted by Crippen LogP contribution is -2.43. The normalized spacial score (nSPS) is 10.9. The highest BCUT2D eigenvalue weighted by Gasteiger charge is 2.30. The highest BCUT2D eigenvalue weighted by Crippen LogP contribution is 2.29. The second-order valence-electron chi connectivity index (χ2n) is 4.80. The Balaban J connectivity index is 1.87. The number of rotatable bonds is 4. The molecule has 2 N–H and O–H groups in total. The molecule has 0 radical (unpaired) electrons. The molecule has 2 aromatic carbocycles. The van der Waals surface area contributed by atoms with Crippen LogP contribution in [0.3, 0.4) is 0 Å². The molecule has 2 aromatic rings. The van der Waals surface area contributed by atoms with Crippen molar-refractivity contribution in [2.24, 2.45) is 0 Å². The molecule has 0 saturated carbocycles. The predicted molar refractivity (Wildman–Crippen MR) is 78.9 cm³/mol. The molecule has 2 amide bonds. The smallest absolute Gasteiger partial charge is 0.416 e. The van der Waals surface area contributed by atoms with E-state index < -0.39 is 36.0 Å². The van der Waals surface area contributed by atoms with Gasteiger partial charge in [0, 0.05) is 5.56 Å². The number of ether oxygens (including phenoxy) is 1. The molecule has 0 fully saturated rings. The Morgan fingerprint density at radius 1 is 1.00 bits per heavy atom. The van der Waals surface area contributed by atoms with Gasteiger partial charge in [0.2, 0.25) is 0 Å². The fourth-order valence-corrected chi connectivity index (χ4v) is 1.78. The summed E-state index contributed by atoms with van der Waals surface area (Å²) in [4.78, 5) is 23.3. The highest BCUT2D eigenvalue weighted by molar-refractivity contribution is 5.95. The van der Waals surface area contributed by atoms with E-state index in [1.54, 1.807) is 0 Å². The molecule has 9 heteroatoms. The summed E-state index contributed by atoms with van der Waals surface area (Å²) in [5.41, 5.74) is 2.63. The van der Waals surface area contributed by atoms with Gasteiger partial charge in [0.15, 0.2) is 18.2 Å². The zero-order chi connectivity index (χ0) is 18.4. The van der Waals surface area contributed by atoms with Crippen LogP contribution in [0.25, 0.3) is 0 Å². The SMILES string of the molecule is O=C(COc1ccccc1F)NNC(=O)c1cccc(C(F)(F)F)c1. The number of benzene rings is 2. The van der Waals surface area contributed by atoms with E-state index in [2.05, 4.69) is 0 Å². The van der Waals surface area contributed by atoms with Gasteiger partial charge in [0.25, 0.3) is 11.8 Å². The van der Waals surface area contributed by atoms with Crippen LogP contribution < -0.4 is 15.6 Å². The van der Waals surface area contributed by atoms with Crippen molar-refractivity contribution in [3.05, 3.63) is 65.5 Å². The summed E-state index contributed by atoms with van der Waals surface area (Å²) in [6.07, 6.45) is -4.59. The van der Waals surface area contributed by atoms with Crippen LogP contribution in [0.4, 0.5) is 17.6 Å². The lowest BCUT2D eigenvalue weighted by molar-refractivity contribution is -0.137. The Bertz CT molecular complexity index is 778. The van der Waals surface area contributed by atoms with Crippen LogP contribution in [0, 0.1) is 5.82 Å². The monoisotopic (exact) mass is 356 g/mol. The number of carbonyl (C=O) groups excluding carboxylic acids is 2. The van der Waals surface area contributed by atoms with Crippen LogP contribution >= 0.6 is 0 Å². The van der Waals surface area contributed by atoms with E-state index in [-0.39, 0.29) is 11.3 Å². The molecule has 25 heavy (non-hydrogen) atoms. The van der Waals surface area contributed by atoms with Gasteiger partial charge in [0.05, 0.1) is 5.56 Å². The molecule has 0 unspecified atom stereocenters. The van der Waals surface area contributed by atoms with E-state index in [0.29, 0.717) is 6.07 Å². The van der Waals surface area contributed by atoms with Crippen LogP contribution in [-0.4, -0.2) is 18.4 Å². The van der Waals surface area contributed by atoms with Crippen molar-refractivity contribution in [2.75, 3.05) is 6.61 Å². The molecular formula is C16H12F4N2O3. The third kappa shape index (κ3) is 5.20. The molecule has 0 aliphatic heterocycles. The summed E-state index contributed by atoms with van der Waals surface area (Å²) in [6.45, 7) is -0.593. The number of carbonyl (C=O) groups is 2. The van der Waals surface area contributed by atoms with Crippen molar-refractivity contribution in [3.63, 3.8) is 0 Å². The molecule has 0 spiro atoms. The molecular weight excluding hydrogens is 344 g/mol. The van der Waals surface area contributed by atoms with Gasteiger partial charge in [-0.1, -0.05) is 18.2 Å². The number of nitrogens with one attached hydrogen (secondary N) is 2. The molecule has 0 aliphatic carbocycles. The lowest BCUT2D eigenvalue weighted by atomic mass is 10.1. The maximum Gasteiger partial charge on any atom is 0.416 e. The fraction of sp³-hybridized carbons (Fsp3) is 0.125. The van der Waals surface area contributed by atoms with Crippen LogP contribution in [0.5, 0.6) is 5.75 Å². The van der Waals surface area contributed by atoms with Gasteiger partial charge in [0.1, 0.15) is 0 Å². The summed E-state index contributed by atoms with van der Waals surface area (Å²) >= 11 is 0. The number of alkyl halides is 3. The summed E-state index contributed by atoms with van der Waals surface area (Å²) in [5, 5.41) is 0. The number of hydrogen-bond donors (Lipinski definition) is 2. The van der Waals surface area contributed by atoms with Gasteiger partial charge < -0.3 is 4.74 Å². The lowest BCUT2D eigenvalue weighted by Gasteiger charge is -2.11. The quantitative estimate of drug-likeness (QED) is 0.654. The predicted octanol–water partition coefficient (Wildman–Crippen LogP) is 2.68. The molecule has 0 saturated heterocycles. The van der Waals surface area contributed by atoms with Gasteiger partial charge >= 0.3 is 6.18 Å². The zero-order valence-corrected chi connectivity index (χ0v) is 12.6. The molecule has 0 aliphatic rings. The van der Waals surface area contributed by atoms with Gasteiger partial charge in [-0.15, -0.1) is 0 Å². The summed E-state index contributed by atoms with van der Waals surface area (Å²) in [7, 11) is 0. The minimum Gasteiger partial charge on any atom is -0.481 e. The van der Waals surface area contributed by atoms with E-state index in [1.807, 2.05) is 10.9 Å². The number of hydrazine groups is 1. The first-order chi connectivity index (χ1) is 11.8. The average Bonchev–Trinajstić information content (AvgIpc) is 2.58. The Labute approximate surface area is 139 Å². The molecule has 0 heterocycles. The van der Waals surface area contributed by atoms with Gasteiger partial charge in [-0.3, -0.25) is 20.4 Å². The van der Waals surface area contributed by atoms with Gasteiger partial charge in [-0.05, 0) is 30.3 Å².